The number of amides is 1. The summed E-state index contributed by atoms with van der Waals surface area (Å²) in [5.41, 5.74) is 0. The molecule has 0 aliphatic carbocycles. The Bertz CT molecular complexity index is 228. The van der Waals surface area contributed by atoms with Gasteiger partial charge in [0.25, 0.3) is 0 Å². The number of hydrogen-bond donors (Lipinski definition) is 1. The molecule has 0 unspecified atom stereocenters. The molecule has 0 spiro atoms. The van der Waals surface area contributed by atoms with Crippen LogP contribution in [-0.4, -0.2) is 48.2 Å². The zero-order chi connectivity index (χ0) is 12.6. The summed E-state index contributed by atoms with van der Waals surface area (Å²) in [6.45, 7) is 4.93. The molecule has 0 bridgehead atoms. The van der Waals surface area contributed by atoms with Crippen LogP contribution >= 0.6 is 0 Å². The third-order valence-electron chi connectivity index (χ3n) is 2.26. The summed E-state index contributed by atoms with van der Waals surface area (Å²) in [7, 11) is 1.59. The van der Waals surface area contributed by atoms with Crippen LogP contribution in [0.2, 0.25) is 0 Å². The normalized spacial score (nSPS) is 10.5. The maximum atomic E-state index is 11.7. The van der Waals surface area contributed by atoms with E-state index in [2.05, 4.69) is 0 Å². The van der Waals surface area contributed by atoms with Crippen LogP contribution in [0.25, 0.3) is 0 Å². The summed E-state index contributed by atoms with van der Waals surface area (Å²) >= 11 is 0. The van der Waals surface area contributed by atoms with E-state index in [-0.39, 0.29) is 24.8 Å². The molecule has 1 amide bonds. The van der Waals surface area contributed by atoms with Gasteiger partial charge < -0.3 is 14.7 Å². The van der Waals surface area contributed by atoms with Crippen LogP contribution in [0.5, 0.6) is 0 Å². The van der Waals surface area contributed by atoms with E-state index in [4.69, 9.17) is 9.84 Å². The molecular formula is C11H21NO4. The number of hydrogen-bond acceptors (Lipinski definition) is 3. The molecule has 0 fully saturated rings. The highest BCUT2D eigenvalue weighted by atomic mass is 16.5. The first-order chi connectivity index (χ1) is 7.49. The summed E-state index contributed by atoms with van der Waals surface area (Å²) in [4.78, 5) is 23.8. The lowest BCUT2D eigenvalue weighted by molar-refractivity contribution is -0.137. The molecule has 0 aliphatic rings. The van der Waals surface area contributed by atoms with Gasteiger partial charge in [0.15, 0.2) is 0 Å². The monoisotopic (exact) mass is 231 g/mol. The molecule has 0 aromatic rings. The number of rotatable bonds is 8. The van der Waals surface area contributed by atoms with E-state index >= 15 is 0 Å². The van der Waals surface area contributed by atoms with Gasteiger partial charge in [-0.2, -0.15) is 0 Å². The summed E-state index contributed by atoms with van der Waals surface area (Å²) in [5, 5.41) is 8.47. The first-order valence-electron chi connectivity index (χ1n) is 5.49. The predicted octanol–water partition coefficient (Wildman–Crippen LogP) is 1.12. The zero-order valence-corrected chi connectivity index (χ0v) is 10.2. The standard InChI is InChI=1S/C11H21NO4/c1-9(2)12(7-8-16-3)10(13)5-4-6-11(14)15/h9H,4-8H2,1-3H3,(H,14,15). The van der Waals surface area contributed by atoms with Gasteiger partial charge in [0, 0.05) is 32.5 Å². The van der Waals surface area contributed by atoms with E-state index in [9.17, 15) is 9.59 Å². The Hall–Kier alpha value is -1.10. The quantitative estimate of drug-likeness (QED) is 0.680. The lowest BCUT2D eigenvalue weighted by Crippen LogP contribution is -2.39. The summed E-state index contributed by atoms with van der Waals surface area (Å²) in [5.74, 6) is -0.867. The van der Waals surface area contributed by atoms with Crippen molar-refractivity contribution in [3.8, 4) is 0 Å². The second-order valence-electron chi connectivity index (χ2n) is 3.92. The van der Waals surface area contributed by atoms with Crippen LogP contribution in [-0.2, 0) is 14.3 Å². The largest absolute Gasteiger partial charge is 0.481 e. The maximum Gasteiger partial charge on any atom is 0.303 e. The number of carbonyl (C=O) groups is 2. The van der Waals surface area contributed by atoms with Crippen LogP contribution in [0.4, 0.5) is 0 Å². The van der Waals surface area contributed by atoms with E-state index in [0.717, 1.165) is 0 Å². The van der Waals surface area contributed by atoms with Crippen molar-refractivity contribution in [3.05, 3.63) is 0 Å². The molecule has 0 rings (SSSR count). The Morgan fingerprint density at radius 3 is 2.38 bits per heavy atom. The van der Waals surface area contributed by atoms with E-state index in [1.165, 1.54) is 0 Å². The van der Waals surface area contributed by atoms with Crippen molar-refractivity contribution in [2.45, 2.75) is 39.2 Å². The number of carboxylic acids is 1. The number of methoxy groups -OCH3 is 1. The highest BCUT2D eigenvalue weighted by molar-refractivity contribution is 5.77. The predicted molar refractivity (Wildman–Crippen MR) is 60.2 cm³/mol. The summed E-state index contributed by atoms with van der Waals surface area (Å²) in [6, 6.07) is 0.118. The van der Waals surface area contributed by atoms with Crippen LogP contribution in [0, 0.1) is 0 Å². The van der Waals surface area contributed by atoms with Gasteiger partial charge in [-0.05, 0) is 20.3 Å². The molecule has 0 saturated carbocycles. The van der Waals surface area contributed by atoms with Crippen LogP contribution in [0.1, 0.15) is 33.1 Å². The summed E-state index contributed by atoms with van der Waals surface area (Å²) in [6.07, 6.45) is 0.723. The fourth-order valence-electron chi connectivity index (χ4n) is 1.39. The zero-order valence-electron chi connectivity index (χ0n) is 10.2. The Kier molecular flexibility index (Phi) is 7.54. The van der Waals surface area contributed by atoms with Crippen LogP contribution in [0.15, 0.2) is 0 Å². The number of nitrogens with zero attached hydrogens (tertiary/aromatic N) is 1. The Morgan fingerprint density at radius 1 is 1.31 bits per heavy atom. The van der Waals surface area contributed by atoms with Crippen molar-refractivity contribution < 1.29 is 19.4 Å². The first kappa shape index (κ1) is 14.9. The third kappa shape index (κ3) is 6.40. The molecule has 0 heterocycles. The van der Waals surface area contributed by atoms with Crippen molar-refractivity contribution in [1.82, 2.24) is 4.90 Å². The number of ether oxygens (including phenoxy) is 1. The van der Waals surface area contributed by atoms with Crippen LogP contribution in [0.3, 0.4) is 0 Å². The van der Waals surface area contributed by atoms with Crippen LogP contribution < -0.4 is 0 Å². The van der Waals surface area contributed by atoms with Gasteiger partial charge in [-0.15, -0.1) is 0 Å². The molecule has 94 valence electrons. The second kappa shape index (κ2) is 8.10. The van der Waals surface area contributed by atoms with E-state index in [1.54, 1.807) is 12.0 Å². The molecule has 1 N–H and O–H groups in total. The molecule has 0 radical (unpaired) electrons. The fraction of sp³-hybridized carbons (Fsp3) is 0.818. The van der Waals surface area contributed by atoms with E-state index in [0.29, 0.717) is 19.6 Å². The lowest BCUT2D eigenvalue weighted by atomic mass is 10.2. The van der Waals surface area contributed by atoms with Gasteiger partial charge in [-0.3, -0.25) is 9.59 Å². The van der Waals surface area contributed by atoms with Crippen molar-refractivity contribution in [1.29, 1.82) is 0 Å². The van der Waals surface area contributed by atoms with Gasteiger partial charge in [-0.1, -0.05) is 0 Å². The van der Waals surface area contributed by atoms with E-state index < -0.39 is 5.97 Å². The SMILES string of the molecule is COCCN(C(=O)CCCC(=O)O)C(C)C. The Labute approximate surface area is 96.4 Å². The minimum Gasteiger partial charge on any atom is -0.481 e. The number of carbonyl (C=O) groups excluding carboxylic acids is 1. The molecule has 0 saturated heterocycles. The minimum absolute atomic E-state index is 0.00620. The average molecular weight is 231 g/mol. The molecule has 0 aromatic carbocycles. The first-order valence-corrected chi connectivity index (χ1v) is 5.49. The molecule has 5 nitrogen and oxygen atoms in total. The highest BCUT2D eigenvalue weighted by Gasteiger charge is 2.16. The van der Waals surface area contributed by atoms with Gasteiger partial charge in [0.1, 0.15) is 0 Å². The molecule has 16 heavy (non-hydrogen) atoms. The fourth-order valence-corrected chi connectivity index (χ4v) is 1.39. The number of aliphatic carboxylic acids is 1. The lowest BCUT2D eigenvalue weighted by Gasteiger charge is -2.26. The van der Waals surface area contributed by atoms with Gasteiger partial charge >= 0.3 is 5.97 Å². The molecule has 0 atom stereocenters. The van der Waals surface area contributed by atoms with Gasteiger partial charge in [-0.25, -0.2) is 0 Å². The summed E-state index contributed by atoms with van der Waals surface area (Å²) < 4.78 is 4.93. The molecule has 0 aliphatic heterocycles. The highest BCUT2D eigenvalue weighted by Crippen LogP contribution is 2.05. The van der Waals surface area contributed by atoms with Gasteiger partial charge in [0.2, 0.25) is 5.91 Å². The van der Waals surface area contributed by atoms with Crippen molar-refractivity contribution in [2.75, 3.05) is 20.3 Å². The minimum atomic E-state index is -0.860. The maximum absolute atomic E-state index is 11.7. The third-order valence-corrected chi connectivity index (χ3v) is 2.26. The smallest absolute Gasteiger partial charge is 0.303 e. The topological polar surface area (TPSA) is 66.8 Å². The van der Waals surface area contributed by atoms with Crippen molar-refractivity contribution in [2.24, 2.45) is 0 Å². The number of carboxylic acid groups (broad SMARTS) is 1. The van der Waals surface area contributed by atoms with Crippen molar-refractivity contribution in [3.63, 3.8) is 0 Å². The Balaban J connectivity index is 4.01. The molecule has 5 heteroatoms. The van der Waals surface area contributed by atoms with Gasteiger partial charge in [0.05, 0.1) is 6.61 Å². The average Bonchev–Trinajstić information content (AvgIpc) is 2.17. The molecule has 0 aromatic heterocycles. The second-order valence-corrected chi connectivity index (χ2v) is 3.92. The Morgan fingerprint density at radius 2 is 1.94 bits per heavy atom. The van der Waals surface area contributed by atoms with E-state index in [1.807, 2.05) is 13.8 Å². The molecular weight excluding hydrogens is 210 g/mol. The van der Waals surface area contributed by atoms with Crippen molar-refractivity contribution >= 4 is 11.9 Å².